The Morgan fingerprint density at radius 3 is 2.73 bits per heavy atom. The summed E-state index contributed by atoms with van der Waals surface area (Å²) in [7, 11) is 1.57. The lowest BCUT2D eigenvalue weighted by Crippen LogP contribution is -2.23. The van der Waals surface area contributed by atoms with Crippen molar-refractivity contribution in [1.29, 1.82) is 0 Å². The lowest BCUT2D eigenvalue weighted by Gasteiger charge is -2.15. The molecule has 2 aromatic carbocycles. The van der Waals surface area contributed by atoms with Crippen LogP contribution in [-0.4, -0.2) is 24.9 Å². The molecule has 7 heteroatoms. The summed E-state index contributed by atoms with van der Waals surface area (Å²) in [5, 5.41) is 17.5. The van der Waals surface area contributed by atoms with Crippen molar-refractivity contribution in [3.8, 4) is 17.2 Å². The molecule has 26 heavy (non-hydrogen) atoms. The lowest BCUT2D eigenvalue weighted by molar-refractivity contribution is 0.301. The number of aryl methyl sites for hydroxylation is 2. The molecular weight excluding hydrogens is 332 g/mol. The van der Waals surface area contributed by atoms with E-state index in [0.29, 0.717) is 18.2 Å². The van der Waals surface area contributed by atoms with E-state index in [0.717, 1.165) is 35.3 Å². The number of tetrazole rings is 1. The van der Waals surface area contributed by atoms with Gasteiger partial charge in [-0.2, -0.15) is 9.36 Å². The SMILES string of the molecule is Cc1cccc(-n2nnn(C)c2=O)c1COc1ccc(O)cc1C1CC1. The third kappa shape index (κ3) is 2.96. The molecule has 3 aromatic rings. The molecule has 134 valence electrons. The number of ether oxygens (including phenoxy) is 1. The molecule has 1 aliphatic carbocycles. The molecule has 0 bridgehead atoms. The van der Waals surface area contributed by atoms with Crippen LogP contribution in [0.5, 0.6) is 11.5 Å². The minimum atomic E-state index is -0.305. The highest BCUT2D eigenvalue weighted by atomic mass is 16.5. The second-order valence-corrected chi connectivity index (χ2v) is 6.65. The summed E-state index contributed by atoms with van der Waals surface area (Å²) < 4.78 is 8.56. The largest absolute Gasteiger partial charge is 0.508 e. The maximum Gasteiger partial charge on any atom is 0.368 e. The number of aromatic nitrogens is 4. The molecule has 0 radical (unpaired) electrons. The normalized spacial score (nSPS) is 13.8. The van der Waals surface area contributed by atoms with Gasteiger partial charge in [0.05, 0.1) is 5.69 Å². The van der Waals surface area contributed by atoms with Crippen LogP contribution in [0.15, 0.2) is 41.2 Å². The molecule has 7 nitrogen and oxygen atoms in total. The summed E-state index contributed by atoms with van der Waals surface area (Å²) >= 11 is 0. The van der Waals surface area contributed by atoms with Crippen molar-refractivity contribution in [2.24, 2.45) is 7.05 Å². The van der Waals surface area contributed by atoms with Crippen molar-refractivity contribution in [1.82, 2.24) is 19.8 Å². The molecule has 0 atom stereocenters. The van der Waals surface area contributed by atoms with E-state index in [1.807, 2.05) is 25.1 Å². The molecule has 0 spiro atoms. The second-order valence-electron chi connectivity index (χ2n) is 6.65. The van der Waals surface area contributed by atoms with Crippen molar-refractivity contribution < 1.29 is 9.84 Å². The molecule has 0 unspecified atom stereocenters. The van der Waals surface area contributed by atoms with Gasteiger partial charge < -0.3 is 9.84 Å². The Labute approximate surface area is 150 Å². The van der Waals surface area contributed by atoms with Crippen molar-refractivity contribution in [3.05, 3.63) is 63.6 Å². The highest BCUT2D eigenvalue weighted by Crippen LogP contribution is 2.45. The van der Waals surface area contributed by atoms with Gasteiger partial charge in [0.1, 0.15) is 18.1 Å². The van der Waals surface area contributed by atoms with E-state index < -0.39 is 0 Å². The third-order valence-electron chi connectivity index (χ3n) is 4.72. The van der Waals surface area contributed by atoms with Gasteiger partial charge in [0.15, 0.2) is 0 Å². The number of rotatable bonds is 5. The fourth-order valence-corrected chi connectivity index (χ4v) is 3.07. The van der Waals surface area contributed by atoms with Crippen molar-refractivity contribution >= 4 is 0 Å². The molecule has 0 aliphatic heterocycles. The summed E-state index contributed by atoms with van der Waals surface area (Å²) in [4.78, 5) is 12.2. The van der Waals surface area contributed by atoms with E-state index in [2.05, 4.69) is 10.4 Å². The molecule has 4 rings (SSSR count). The van der Waals surface area contributed by atoms with Crippen LogP contribution < -0.4 is 10.4 Å². The zero-order valence-corrected chi connectivity index (χ0v) is 14.7. The minimum absolute atomic E-state index is 0.252. The standard InChI is InChI=1S/C19H20N4O3/c1-12-4-3-5-17(23-19(25)22(2)20-21-23)16(12)11-26-18-9-8-14(24)10-15(18)13-6-7-13/h3-5,8-10,13,24H,6-7,11H2,1-2H3. The van der Waals surface area contributed by atoms with Gasteiger partial charge in [-0.1, -0.05) is 12.1 Å². The number of hydrogen-bond acceptors (Lipinski definition) is 5. The monoisotopic (exact) mass is 352 g/mol. The summed E-state index contributed by atoms with van der Waals surface area (Å²) in [6.07, 6.45) is 2.23. The molecular formula is C19H20N4O3. The first-order valence-electron chi connectivity index (χ1n) is 8.58. The van der Waals surface area contributed by atoms with E-state index in [9.17, 15) is 9.90 Å². The van der Waals surface area contributed by atoms with Gasteiger partial charge >= 0.3 is 5.69 Å². The van der Waals surface area contributed by atoms with Crippen LogP contribution in [0.2, 0.25) is 0 Å². The molecule has 1 aromatic heterocycles. The highest BCUT2D eigenvalue weighted by Gasteiger charge is 2.27. The topological polar surface area (TPSA) is 82.2 Å². The maximum absolute atomic E-state index is 12.2. The number of benzene rings is 2. The Morgan fingerprint density at radius 1 is 1.23 bits per heavy atom. The minimum Gasteiger partial charge on any atom is -0.508 e. The van der Waals surface area contributed by atoms with Gasteiger partial charge in [-0.05, 0) is 65.9 Å². The first-order chi connectivity index (χ1) is 12.5. The van der Waals surface area contributed by atoms with E-state index in [4.69, 9.17) is 4.74 Å². The van der Waals surface area contributed by atoms with Crippen LogP contribution in [0.1, 0.15) is 35.4 Å². The van der Waals surface area contributed by atoms with Gasteiger partial charge in [-0.15, -0.1) is 0 Å². The molecule has 1 heterocycles. The fourth-order valence-electron chi connectivity index (χ4n) is 3.07. The van der Waals surface area contributed by atoms with Crippen molar-refractivity contribution in [2.45, 2.75) is 32.3 Å². The van der Waals surface area contributed by atoms with E-state index in [-0.39, 0.29) is 11.4 Å². The van der Waals surface area contributed by atoms with Crippen LogP contribution in [0, 0.1) is 6.92 Å². The number of aromatic hydroxyl groups is 1. The highest BCUT2D eigenvalue weighted by molar-refractivity contribution is 5.46. The Bertz CT molecular complexity index is 1020. The van der Waals surface area contributed by atoms with Crippen LogP contribution in [0.25, 0.3) is 5.69 Å². The molecule has 0 saturated heterocycles. The van der Waals surface area contributed by atoms with E-state index in [1.54, 1.807) is 25.2 Å². The first kappa shape index (κ1) is 16.4. The van der Waals surface area contributed by atoms with Crippen LogP contribution in [-0.2, 0) is 13.7 Å². The Hall–Kier alpha value is -3.09. The Morgan fingerprint density at radius 2 is 2.04 bits per heavy atom. The molecule has 1 fully saturated rings. The smallest absolute Gasteiger partial charge is 0.368 e. The predicted octanol–water partition coefficient (Wildman–Crippen LogP) is 2.44. The Balaban J connectivity index is 1.68. The average molecular weight is 352 g/mol. The van der Waals surface area contributed by atoms with Gasteiger partial charge in [-0.3, -0.25) is 0 Å². The lowest BCUT2D eigenvalue weighted by atomic mass is 10.1. The van der Waals surface area contributed by atoms with Crippen LogP contribution >= 0.6 is 0 Å². The number of phenols is 1. The van der Waals surface area contributed by atoms with Crippen molar-refractivity contribution in [3.63, 3.8) is 0 Å². The summed E-state index contributed by atoms with van der Waals surface area (Å²) in [5.74, 6) is 1.48. The fraction of sp³-hybridized carbons (Fsp3) is 0.316. The number of nitrogens with zero attached hydrogens (tertiary/aromatic N) is 4. The van der Waals surface area contributed by atoms with Crippen LogP contribution in [0.4, 0.5) is 0 Å². The molecule has 1 N–H and O–H groups in total. The Kier molecular flexibility index (Phi) is 3.99. The van der Waals surface area contributed by atoms with Gasteiger partial charge in [0, 0.05) is 18.2 Å². The van der Waals surface area contributed by atoms with Gasteiger partial charge in [0.25, 0.3) is 0 Å². The van der Waals surface area contributed by atoms with Gasteiger partial charge in [-0.25, -0.2) is 4.79 Å². The molecule has 0 amide bonds. The molecule has 1 aliphatic rings. The second kappa shape index (κ2) is 6.33. The van der Waals surface area contributed by atoms with E-state index in [1.165, 1.54) is 9.36 Å². The number of phenolic OH excluding ortho intramolecular Hbond substituents is 1. The third-order valence-corrected chi connectivity index (χ3v) is 4.72. The summed E-state index contributed by atoms with van der Waals surface area (Å²) in [5.41, 5.74) is 3.28. The predicted molar refractivity (Wildman–Crippen MR) is 95.8 cm³/mol. The first-order valence-corrected chi connectivity index (χ1v) is 8.58. The maximum atomic E-state index is 12.2. The zero-order valence-electron chi connectivity index (χ0n) is 14.7. The van der Waals surface area contributed by atoms with Crippen LogP contribution in [0.3, 0.4) is 0 Å². The summed E-state index contributed by atoms with van der Waals surface area (Å²) in [6.45, 7) is 2.28. The van der Waals surface area contributed by atoms with Crippen molar-refractivity contribution in [2.75, 3.05) is 0 Å². The summed E-state index contributed by atoms with van der Waals surface area (Å²) in [6, 6.07) is 10.9. The molecule has 1 saturated carbocycles. The van der Waals surface area contributed by atoms with E-state index >= 15 is 0 Å². The average Bonchev–Trinajstić information content (AvgIpc) is 3.41. The quantitative estimate of drug-likeness (QED) is 0.763. The number of hydrogen-bond donors (Lipinski definition) is 1. The van der Waals surface area contributed by atoms with Gasteiger partial charge in [0.2, 0.25) is 0 Å². The zero-order chi connectivity index (χ0) is 18.3.